The number of methoxy groups -OCH3 is 1. The molecule has 1 unspecified atom stereocenters. The standard InChI is InChI=1S/C29H33FN6O6S/c1-16-24-26(39)35(21-4-3-11-31-25(21)38)29(40)34(28(24)43-27(16)36-32-12-13-33-36)15-23(42-19-8-6-18(37)7-9-19)20-14-17(30)5-10-22(20)41-2/h5,10,12-14,18-19,21,23,37H,3-4,6-9,11,15H2,1-2H3,(H,31,38)/t18-,19+,21?,23-/m0/s1. The molecule has 2 aliphatic rings. The van der Waals surface area contributed by atoms with E-state index in [2.05, 4.69) is 15.5 Å². The predicted molar refractivity (Wildman–Crippen MR) is 156 cm³/mol. The Morgan fingerprint density at radius 2 is 1.88 bits per heavy atom. The van der Waals surface area contributed by atoms with Gasteiger partial charge in [-0.1, -0.05) is 11.3 Å². The SMILES string of the molecule is COc1ccc(F)cc1[C@H](Cn1c(=O)n(C2CCCNC2=O)c(=O)c2c(C)c(-n3nccn3)sc21)O[C@H]1CC[C@@H](O)CC1. The van der Waals surface area contributed by atoms with E-state index in [0.717, 1.165) is 4.57 Å². The van der Waals surface area contributed by atoms with Gasteiger partial charge in [0.15, 0.2) is 0 Å². The van der Waals surface area contributed by atoms with Gasteiger partial charge in [-0.05, 0) is 63.6 Å². The molecular formula is C29H33FN6O6S. The van der Waals surface area contributed by atoms with Crippen molar-refractivity contribution in [3.63, 3.8) is 0 Å². The molecule has 1 aromatic carbocycles. The van der Waals surface area contributed by atoms with Gasteiger partial charge in [0.05, 0.1) is 43.6 Å². The number of benzene rings is 1. The minimum atomic E-state index is -0.974. The fourth-order valence-corrected chi connectivity index (χ4v) is 7.27. The maximum absolute atomic E-state index is 14.6. The molecule has 12 nitrogen and oxygen atoms in total. The van der Waals surface area contributed by atoms with Crippen LogP contribution in [0.25, 0.3) is 15.2 Å². The number of carbonyl (C=O) groups excluding carboxylic acids is 1. The van der Waals surface area contributed by atoms with Crippen molar-refractivity contribution in [1.82, 2.24) is 29.4 Å². The summed E-state index contributed by atoms with van der Waals surface area (Å²) in [5, 5.41) is 22.1. The Balaban J connectivity index is 1.55. The second-order valence-corrected chi connectivity index (χ2v) is 12.0. The van der Waals surface area contributed by atoms with Crippen LogP contribution in [0.5, 0.6) is 5.75 Å². The van der Waals surface area contributed by atoms with Crippen molar-refractivity contribution in [2.24, 2.45) is 0 Å². The average molecular weight is 613 g/mol. The molecule has 3 aromatic heterocycles. The Morgan fingerprint density at radius 3 is 2.58 bits per heavy atom. The highest BCUT2D eigenvalue weighted by Crippen LogP contribution is 2.36. The summed E-state index contributed by atoms with van der Waals surface area (Å²) in [6.07, 6.45) is 4.79. The van der Waals surface area contributed by atoms with E-state index in [-0.39, 0.29) is 18.0 Å². The van der Waals surface area contributed by atoms with E-state index in [0.29, 0.717) is 71.8 Å². The summed E-state index contributed by atoms with van der Waals surface area (Å²) in [7, 11) is 1.48. The van der Waals surface area contributed by atoms with Crippen molar-refractivity contribution in [2.45, 2.75) is 76.3 Å². The van der Waals surface area contributed by atoms with Crippen LogP contribution < -0.4 is 21.3 Å². The minimum absolute atomic E-state index is 0.0885. The van der Waals surface area contributed by atoms with Crippen LogP contribution in [-0.2, 0) is 16.1 Å². The van der Waals surface area contributed by atoms with Gasteiger partial charge in [0.2, 0.25) is 5.91 Å². The van der Waals surface area contributed by atoms with Crippen LogP contribution >= 0.6 is 11.3 Å². The third kappa shape index (κ3) is 5.50. The van der Waals surface area contributed by atoms with Crippen molar-refractivity contribution in [1.29, 1.82) is 0 Å². The zero-order chi connectivity index (χ0) is 30.2. The zero-order valence-electron chi connectivity index (χ0n) is 23.9. The normalized spacial score (nSPS) is 21.6. The van der Waals surface area contributed by atoms with Crippen LogP contribution in [0.15, 0.2) is 40.2 Å². The number of aliphatic hydroxyl groups is 1. The number of aliphatic hydroxyl groups excluding tert-OH is 1. The van der Waals surface area contributed by atoms with Crippen LogP contribution in [0.3, 0.4) is 0 Å². The molecule has 4 aromatic rings. The molecule has 4 heterocycles. The molecule has 0 bridgehead atoms. The van der Waals surface area contributed by atoms with Gasteiger partial charge in [0.25, 0.3) is 5.56 Å². The van der Waals surface area contributed by atoms with Crippen molar-refractivity contribution >= 4 is 27.5 Å². The van der Waals surface area contributed by atoms with Gasteiger partial charge in [0.1, 0.15) is 33.5 Å². The van der Waals surface area contributed by atoms with E-state index in [1.807, 2.05) is 0 Å². The molecule has 1 aliphatic carbocycles. The Bertz CT molecular complexity index is 1760. The maximum atomic E-state index is 14.6. The molecule has 1 saturated heterocycles. The summed E-state index contributed by atoms with van der Waals surface area (Å²) in [6.45, 7) is 2.14. The van der Waals surface area contributed by atoms with Gasteiger partial charge in [-0.3, -0.25) is 14.2 Å². The molecular weight excluding hydrogens is 579 g/mol. The molecule has 6 rings (SSSR count). The van der Waals surface area contributed by atoms with E-state index in [1.54, 1.807) is 6.92 Å². The Labute approximate surface area is 249 Å². The van der Waals surface area contributed by atoms with Crippen molar-refractivity contribution in [2.75, 3.05) is 13.7 Å². The number of nitrogens with one attached hydrogen (secondary N) is 1. The largest absolute Gasteiger partial charge is 0.496 e. The number of rotatable bonds is 8. The topological polar surface area (TPSA) is 142 Å². The number of aryl methyl sites for hydroxylation is 1. The molecule has 2 N–H and O–H groups in total. The van der Waals surface area contributed by atoms with E-state index in [9.17, 15) is 23.9 Å². The number of hydrogen-bond donors (Lipinski definition) is 2. The number of aromatic nitrogens is 5. The zero-order valence-corrected chi connectivity index (χ0v) is 24.7. The first-order chi connectivity index (χ1) is 20.8. The highest BCUT2D eigenvalue weighted by atomic mass is 32.1. The number of fused-ring (bicyclic) bond motifs is 1. The van der Waals surface area contributed by atoms with Gasteiger partial charge >= 0.3 is 5.69 Å². The Kier molecular flexibility index (Phi) is 8.16. The number of hydrogen-bond acceptors (Lipinski definition) is 9. The highest BCUT2D eigenvalue weighted by Gasteiger charge is 2.33. The Morgan fingerprint density at radius 1 is 1.14 bits per heavy atom. The van der Waals surface area contributed by atoms with Crippen LogP contribution in [0.4, 0.5) is 4.39 Å². The second-order valence-electron chi connectivity index (χ2n) is 11.0. The van der Waals surface area contributed by atoms with Crippen LogP contribution in [0.1, 0.15) is 61.8 Å². The Hall–Kier alpha value is -3.88. The monoisotopic (exact) mass is 612 g/mol. The maximum Gasteiger partial charge on any atom is 0.332 e. The first-order valence-corrected chi connectivity index (χ1v) is 15.2. The average Bonchev–Trinajstić information content (AvgIpc) is 3.65. The first kappa shape index (κ1) is 29.2. The molecule has 1 saturated carbocycles. The molecule has 1 aliphatic heterocycles. The lowest BCUT2D eigenvalue weighted by atomic mass is 9.94. The summed E-state index contributed by atoms with van der Waals surface area (Å²) >= 11 is 1.18. The van der Waals surface area contributed by atoms with Crippen molar-refractivity contribution in [3.8, 4) is 10.8 Å². The lowest BCUT2D eigenvalue weighted by Crippen LogP contribution is -2.49. The summed E-state index contributed by atoms with van der Waals surface area (Å²) in [4.78, 5) is 43.0. The number of ether oxygens (including phenoxy) is 2. The molecule has 2 atom stereocenters. The van der Waals surface area contributed by atoms with Crippen molar-refractivity contribution < 1.29 is 23.8 Å². The lowest BCUT2D eigenvalue weighted by molar-refractivity contribution is -0.126. The molecule has 14 heteroatoms. The number of halogens is 1. The van der Waals surface area contributed by atoms with Crippen LogP contribution in [0, 0.1) is 12.7 Å². The van der Waals surface area contributed by atoms with Crippen LogP contribution in [-0.4, -0.2) is 61.0 Å². The second kappa shape index (κ2) is 12.0. The highest BCUT2D eigenvalue weighted by molar-refractivity contribution is 7.21. The summed E-state index contributed by atoms with van der Waals surface area (Å²) < 4.78 is 29.3. The molecule has 1 amide bonds. The first-order valence-electron chi connectivity index (χ1n) is 14.4. The predicted octanol–water partition coefficient (Wildman–Crippen LogP) is 2.77. The lowest BCUT2D eigenvalue weighted by Gasteiger charge is -2.31. The van der Waals surface area contributed by atoms with E-state index in [4.69, 9.17) is 9.47 Å². The number of piperidine rings is 1. The fraction of sp³-hybridized carbons (Fsp3) is 0.483. The van der Waals surface area contributed by atoms with E-state index in [1.165, 1.54) is 58.4 Å². The molecule has 2 fully saturated rings. The number of carbonyl (C=O) groups is 1. The van der Waals surface area contributed by atoms with E-state index >= 15 is 0 Å². The molecule has 0 spiro atoms. The van der Waals surface area contributed by atoms with Gasteiger partial charge in [-0.25, -0.2) is 13.8 Å². The quantitative estimate of drug-likeness (QED) is 0.309. The van der Waals surface area contributed by atoms with Crippen molar-refractivity contribution in [3.05, 3.63) is 68.4 Å². The van der Waals surface area contributed by atoms with Gasteiger partial charge in [-0.15, -0.1) is 4.80 Å². The summed E-state index contributed by atoms with van der Waals surface area (Å²) in [6, 6.07) is 3.15. The summed E-state index contributed by atoms with van der Waals surface area (Å²) in [5.41, 5.74) is -0.248. The van der Waals surface area contributed by atoms with Gasteiger partial charge < -0.3 is 19.9 Å². The minimum Gasteiger partial charge on any atom is -0.496 e. The van der Waals surface area contributed by atoms with Gasteiger partial charge in [-0.2, -0.15) is 10.2 Å². The summed E-state index contributed by atoms with van der Waals surface area (Å²) in [5.74, 6) is -0.502. The smallest absolute Gasteiger partial charge is 0.332 e. The fourth-order valence-electron chi connectivity index (χ4n) is 6.05. The third-order valence-corrected chi connectivity index (χ3v) is 9.55. The molecule has 228 valence electrons. The molecule has 43 heavy (non-hydrogen) atoms. The number of amides is 1. The third-order valence-electron chi connectivity index (χ3n) is 8.27. The van der Waals surface area contributed by atoms with Gasteiger partial charge in [0, 0.05) is 17.7 Å². The number of thiophene rings is 1. The molecule has 0 radical (unpaired) electrons. The number of nitrogens with zero attached hydrogens (tertiary/aromatic N) is 5. The van der Waals surface area contributed by atoms with E-state index < -0.39 is 41.2 Å². The van der Waals surface area contributed by atoms with Crippen LogP contribution in [0.2, 0.25) is 0 Å².